The molecular weight excluding hydrogens is 78.1 g/mol. The molecular formula is HNO2S. The first kappa shape index (κ1) is 3.75. The SMILES string of the molecule is O=[N+]([O-])S. The van der Waals surface area contributed by atoms with Crippen molar-refractivity contribution >= 4 is 12.8 Å². The summed E-state index contributed by atoms with van der Waals surface area (Å²) < 4.78 is -0.806. The molecule has 0 aliphatic carbocycles. The van der Waals surface area contributed by atoms with Gasteiger partial charge in [0.2, 0.25) is 12.8 Å². The van der Waals surface area contributed by atoms with E-state index in [2.05, 4.69) is 12.8 Å². The number of nitro groups is 1. The van der Waals surface area contributed by atoms with E-state index in [1.54, 1.807) is 0 Å². The van der Waals surface area contributed by atoms with Crippen LogP contribution in [0.2, 0.25) is 0 Å². The van der Waals surface area contributed by atoms with Crippen molar-refractivity contribution in [3.8, 4) is 0 Å². The molecule has 0 spiro atoms. The van der Waals surface area contributed by atoms with Crippen molar-refractivity contribution < 1.29 is 4.33 Å². The molecule has 0 bridgehead atoms. The van der Waals surface area contributed by atoms with Crippen molar-refractivity contribution in [1.82, 2.24) is 0 Å². The third-order valence-corrected chi connectivity index (χ3v) is 0. The molecule has 0 radical (unpaired) electrons. The highest BCUT2D eigenvalue weighted by Gasteiger charge is 1.62. The second-order valence-corrected chi connectivity index (χ2v) is 0.564. The molecule has 0 rings (SSSR count). The molecule has 0 aromatic rings. The van der Waals surface area contributed by atoms with E-state index in [-0.39, 0.29) is 0 Å². The van der Waals surface area contributed by atoms with Crippen LogP contribution in [0.5, 0.6) is 0 Å². The van der Waals surface area contributed by atoms with Crippen LogP contribution in [0.25, 0.3) is 0 Å². The molecule has 0 aromatic carbocycles. The molecule has 0 unspecified atom stereocenters. The summed E-state index contributed by atoms with van der Waals surface area (Å²) in [5.41, 5.74) is 0. The van der Waals surface area contributed by atoms with Crippen LogP contribution in [0, 0.1) is 10.1 Å². The Balaban J connectivity index is 2.80. The van der Waals surface area contributed by atoms with Crippen LogP contribution in [-0.4, -0.2) is 4.33 Å². The number of rotatable bonds is 0. The number of thiol groups is 1. The minimum absolute atomic E-state index is 0.806. The molecule has 4 heavy (non-hydrogen) atoms. The highest BCUT2D eigenvalue weighted by molar-refractivity contribution is 7.73. The van der Waals surface area contributed by atoms with Gasteiger partial charge in [0.1, 0.15) is 0 Å². The van der Waals surface area contributed by atoms with E-state index in [4.69, 9.17) is 10.1 Å². The monoisotopic (exact) mass is 79.0 g/mol. The second-order valence-electron chi connectivity index (χ2n) is 0.238. The van der Waals surface area contributed by atoms with Crippen LogP contribution in [0.3, 0.4) is 0 Å². The lowest BCUT2D eigenvalue weighted by atomic mass is 13.4. The van der Waals surface area contributed by atoms with E-state index in [1.807, 2.05) is 0 Å². The zero-order chi connectivity index (χ0) is 3.58. The van der Waals surface area contributed by atoms with E-state index in [0.29, 0.717) is 0 Å². The minimum atomic E-state index is -0.806. The average molecular weight is 79.1 g/mol. The highest BCUT2D eigenvalue weighted by Crippen LogP contribution is 1.63. The summed E-state index contributed by atoms with van der Waals surface area (Å²) in [5.74, 6) is 0. The fourth-order valence-electron chi connectivity index (χ4n) is 0. The van der Waals surface area contributed by atoms with Crippen molar-refractivity contribution in [3.63, 3.8) is 0 Å². The fraction of sp³-hybridized carbons (Fsp3) is 0. The Kier molecular flexibility index (Phi) is 1.04. The van der Waals surface area contributed by atoms with Gasteiger partial charge >= 0.3 is 0 Å². The van der Waals surface area contributed by atoms with E-state index >= 15 is 0 Å². The summed E-state index contributed by atoms with van der Waals surface area (Å²) in [7, 11) is 0. The lowest BCUT2D eigenvalue weighted by Gasteiger charge is -1.58. The number of hydrogen-bond acceptors (Lipinski definition) is 2. The van der Waals surface area contributed by atoms with Crippen molar-refractivity contribution in [1.29, 1.82) is 0 Å². The van der Waals surface area contributed by atoms with E-state index in [1.165, 1.54) is 0 Å². The first-order valence-electron chi connectivity index (χ1n) is 0.565. The van der Waals surface area contributed by atoms with Crippen LogP contribution < -0.4 is 0 Å². The summed E-state index contributed by atoms with van der Waals surface area (Å²) >= 11 is 2.69. The first-order valence-corrected chi connectivity index (χ1v) is 0.965. The zero-order valence-corrected chi connectivity index (χ0v) is 2.61. The number of nitrogens with zero attached hydrogens (tertiary/aromatic N) is 1. The van der Waals surface area contributed by atoms with Gasteiger partial charge in [0, 0.05) is 0 Å². The molecule has 0 atom stereocenters. The summed E-state index contributed by atoms with van der Waals surface area (Å²) in [6.07, 6.45) is 0. The third kappa shape index (κ3) is 15.7. The molecule has 24 valence electrons. The van der Waals surface area contributed by atoms with Crippen molar-refractivity contribution in [3.05, 3.63) is 10.1 Å². The largest absolute Gasteiger partial charge is 0.251 e. The standard InChI is InChI=1S/HNO2S/c2-1(3)4/h4H. The summed E-state index contributed by atoms with van der Waals surface area (Å²) in [4.78, 5) is 8.67. The van der Waals surface area contributed by atoms with Gasteiger partial charge in [-0.05, 0) is 0 Å². The van der Waals surface area contributed by atoms with Gasteiger partial charge in [0.05, 0.1) is 4.33 Å². The maximum atomic E-state index is 8.67. The molecule has 0 heterocycles. The Labute approximate surface area is 28.3 Å². The predicted octanol–water partition coefficient (Wildman–Crippen LogP) is 0.108. The predicted molar refractivity (Wildman–Crippen MR) is 16.0 cm³/mol. The molecule has 0 aliphatic rings. The van der Waals surface area contributed by atoms with Crippen LogP contribution in [0.1, 0.15) is 0 Å². The van der Waals surface area contributed by atoms with Gasteiger partial charge in [-0.3, -0.25) is 10.1 Å². The van der Waals surface area contributed by atoms with Crippen LogP contribution in [-0.2, 0) is 0 Å². The Hall–Kier alpha value is -0.250. The fourth-order valence-corrected chi connectivity index (χ4v) is 0. The maximum absolute atomic E-state index is 8.67. The Morgan fingerprint density at radius 2 is 2.00 bits per heavy atom. The topological polar surface area (TPSA) is 43.1 Å². The van der Waals surface area contributed by atoms with Crippen LogP contribution in [0.4, 0.5) is 0 Å². The third-order valence-electron chi connectivity index (χ3n) is 0. The van der Waals surface area contributed by atoms with Gasteiger partial charge in [-0.15, -0.1) is 0 Å². The van der Waals surface area contributed by atoms with E-state index in [9.17, 15) is 0 Å². The molecule has 0 aromatic heterocycles. The molecule has 0 N–H and O–H groups in total. The molecule has 0 saturated carbocycles. The van der Waals surface area contributed by atoms with Crippen molar-refractivity contribution in [2.45, 2.75) is 0 Å². The highest BCUT2D eigenvalue weighted by atomic mass is 32.1. The van der Waals surface area contributed by atoms with E-state index < -0.39 is 4.33 Å². The van der Waals surface area contributed by atoms with Gasteiger partial charge in [0.15, 0.2) is 0 Å². The van der Waals surface area contributed by atoms with Gasteiger partial charge in [-0.25, -0.2) is 0 Å². The van der Waals surface area contributed by atoms with Gasteiger partial charge in [-0.1, -0.05) is 0 Å². The molecule has 0 saturated heterocycles. The van der Waals surface area contributed by atoms with Crippen molar-refractivity contribution in [2.24, 2.45) is 0 Å². The summed E-state index contributed by atoms with van der Waals surface area (Å²) in [5, 5.41) is 8.67. The summed E-state index contributed by atoms with van der Waals surface area (Å²) in [6.45, 7) is 0. The Morgan fingerprint density at radius 3 is 2.00 bits per heavy atom. The van der Waals surface area contributed by atoms with Crippen LogP contribution >= 0.6 is 12.8 Å². The lowest BCUT2D eigenvalue weighted by Crippen LogP contribution is -1.66. The average Bonchev–Trinajstić information content (AvgIpc) is 0.811. The van der Waals surface area contributed by atoms with Crippen molar-refractivity contribution in [2.75, 3.05) is 0 Å². The smallest absolute Gasteiger partial charge is 0.213 e. The second kappa shape index (κ2) is 1.11. The molecule has 3 nitrogen and oxygen atoms in total. The van der Waals surface area contributed by atoms with Gasteiger partial charge < -0.3 is 0 Å². The minimum Gasteiger partial charge on any atom is -0.251 e. The Bertz CT molecular complexity index is 29.0. The molecule has 4 heteroatoms. The van der Waals surface area contributed by atoms with Gasteiger partial charge in [0.25, 0.3) is 0 Å². The number of hydrogen-bond donors (Lipinski definition) is 1. The first-order chi connectivity index (χ1) is 1.73. The zero-order valence-electron chi connectivity index (χ0n) is 1.71. The maximum Gasteiger partial charge on any atom is 0.213 e. The Morgan fingerprint density at radius 1 is 2.00 bits per heavy atom. The quantitative estimate of drug-likeness (QED) is 0.254. The molecule has 0 aliphatic heterocycles. The lowest BCUT2D eigenvalue weighted by molar-refractivity contribution is -0.278. The normalized spacial score (nSPS) is 6.25. The van der Waals surface area contributed by atoms with E-state index in [0.717, 1.165) is 0 Å². The van der Waals surface area contributed by atoms with Gasteiger partial charge in [-0.2, -0.15) is 0 Å². The molecule has 0 fully saturated rings. The van der Waals surface area contributed by atoms with Crippen LogP contribution in [0.15, 0.2) is 0 Å². The summed E-state index contributed by atoms with van der Waals surface area (Å²) in [6, 6.07) is 0. The molecule has 0 amide bonds.